The first-order chi connectivity index (χ1) is 7.95. The van der Waals surface area contributed by atoms with Gasteiger partial charge in [-0.25, -0.2) is 0 Å². The minimum absolute atomic E-state index is 0. The summed E-state index contributed by atoms with van der Waals surface area (Å²) < 4.78 is 2.14. The molecule has 0 amide bonds. The Labute approximate surface area is 111 Å². The molecule has 0 bridgehead atoms. The van der Waals surface area contributed by atoms with E-state index in [2.05, 4.69) is 59.4 Å². The number of aromatic nitrogens is 1. The zero-order valence-electron chi connectivity index (χ0n) is 9.25. The summed E-state index contributed by atoms with van der Waals surface area (Å²) in [6, 6.07) is 20.9. The van der Waals surface area contributed by atoms with Crippen LogP contribution in [0.4, 0.5) is 0 Å². The van der Waals surface area contributed by atoms with Crippen LogP contribution in [0.1, 0.15) is 0 Å². The molecule has 0 saturated carbocycles. The van der Waals surface area contributed by atoms with Gasteiger partial charge in [-0.1, -0.05) is 36.4 Å². The summed E-state index contributed by atoms with van der Waals surface area (Å²) in [7, 11) is 0. The molecular formula is C15H12BrN. The van der Waals surface area contributed by atoms with Crippen molar-refractivity contribution in [3.8, 4) is 5.69 Å². The highest BCUT2D eigenvalue weighted by molar-refractivity contribution is 5.88. The van der Waals surface area contributed by atoms with Crippen LogP contribution >= 0.6 is 0 Å². The van der Waals surface area contributed by atoms with E-state index in [0.29, 0.717) is 0 Å². The lowest BCUT2D eigenvalue weighted by Gasteiger charge is -2.00. The minimum Gasteiger partial charge on any atom is -1.00 e. The third-order valence-electron chi connectivity index (χ3n) is 2.76. The first kappa shape index (κ1) is 11.8. The molecule has 1 heterocycles. The normalized spacial score (nSPS) is 9.88. The van der Waals surface area contributed by atoms with Crippen molar-refractivity contribution < 1.29 is 21.5 Å². The summed E-state index contributed by atoms with van der Waals surface area (Å²) in [5.74, 6) is 0. The lowest BCUT2D eigenvalue weighted by molar-refractivity contribution is -0.594. The van der Waals surface area contributed by atoms with Gasteiger partial charge in [0.15, 0.2) is 12.4 Å². The molecule has 17 heavy (non-hydrogen) atoms. The molecule has 1 nitrogen and oxygen atoms in total. The van der Waals surface area contributed by atoms with E-state index in [0.717, 1.165) is 0 Å². The Hall–Kier alpha value is -1.67. The van der Waals surface area contributed by atoms with Crippen LogP contribution in [0.5, 0.6) is 0 Å². The van der Waals surface area contributed by atoms with Gasteiger partial charge in [0.2, 0.25) is 5.69 Å². The Bertz CT molecular complexity index is 615. The molecule has 3 rings (SSSR count). The number of pyridine rings is 1. The van der Waals surface area contributed by atoms with E-state index in [9.17, 15) is 0 Å². The van der Waals surface area contributed by atoms with Crippen molar-refractivity contribution in [2.45, 2.75) is 0 Å². The molecule has 0 unspecified atom stereocenters. The van der Waals surface area contributed by atoms with Crippen LogP contribution in [0.3, 0.4) is 0 Å². The first-order valence-corrected chi connectivity index (χ1v) is 5.39. The van der Waals surface area contributed by atoms with E-state index in [4.69, 9.17) is 0 Å². The molecule has 0 spiro atoms. The van der Waals surface area contributed by atoms with Gasteiger partial charge in [-0.05, 0) is 11.5 Å². The number of hydrogen-bond donors (Lipinski definition) is 0. The van der Waals surface area contributed by atoms with Gasteiger partial charge in [-0.3, -0.25) is 0 Å². The first-order valence-electron chi connectivity index (χ1n) is 5.39. The molecule has 2 aromatic carbocycles. The topological polar surface area (TPSA) is 3.88 Å². The van der Waals surface area contributed by atoms with E-state index >= 15 is 0 Å². The van der Waals surface area contributed by atoms with Gasteiger partial charge in [-0.15, -0.1) is 0 Å². The van der Waals surface area contributed by atoms with E-state index in [-0.39, 0.29) is 17.0 Å². The molecule has 0 atom stereocenters. The van der Waals surface area contributed by atoms with Crippen molar-refractivity contribution in [2.24, 2.45) is 0 Å². The van der Waals surface area contributed by atoms with E-state index in [1.54, 1.807) is 0 Å². The van der Waals surface area contributed by atoms with Gasteiger partial charge in [0, 0.05) is 18.2 Å². The summed E-state index contributed by atoms with van der Waals surface area (Å²) >= 11 is 0. The maximum atomic E-state index is 2.16. The van der Waals surface area contributed by atoms with Crippen LogP contribution in [-0.2, 0) is 0 Å². The van der Waals surface area contributed by atoms with Gasteiger partial charge >= 0.3 is 0 Å². The van der Waals surface area contributed by atoms with Gasteiger partial charge in [0.05, 0.1) is 5.39 Å². The second kappa shape index (κ2) is 5.11. The molecule has 3 aromatic rings. The molecule has 0 aliphatic heterocycles. The summed E-state index contributed by atoms with van der Waals surface area (Å²) in [4.78, 5) is 0. The maximum absolute atomic E-state index is 2.16. The van der Waals surface area contributed by atoms with Gasteiger partial charge in [-0.2, -0.15) is 4.57 Å². The highest BCUT2D eigenvalue weighted by Gasteiger charge is 2.08. The number of benzene rings is 2. The molecule has 2 heteroatoms. The Kier molecular flexibility index (Phi) is 3.55. The molecular weight excluding hydrogens is 274 g/mol. The standard InChI is InChI=1S/C15H12N.BrH/c1-4-11-16(12-5-1)15-10-6-8-13-7-2-3-9-14(13)15;/h1-12H;1H/q+1;/p-1. The number of fused-ring (bicyclic) bond motifs is 1. The predicted octanol–water partition coefficient (Wildman–Crippen LogP) is 0.121. The number of nitrogens with zero attached hydrogens (tertiary/aromatic N) is 1. The van der Waals surface area contributed by atoms with Crippen LogP contribution in [-0.4, -0.2) is 0 Å². The van der Waals surface area contributed by atoms with Crippen LogP contribution in [0.25, 0.3) is 16.5 Å². The third-order valence-corrected chi connectivity index (χ3v) is 2.76. The second-order valence-corrected chi connectivity index (χ2v) is 3.78. The fourth-order valence-corrected chi connectivity index (χ4v) is 1.99. The van der Waals surface area contributed by atoms with Crippen LogP contribution in [0.2, 0.25) is 0 Å². The van der Waals surface area contributed by atoms with Crippen molar-refractivity contribution in [3.63, 3.8) is 0 Å². The molecule has 0 aliphatic rings. The molecule has 0 radical (unpaired) electrons. The van der Waals surface area contributed by atoms with E-state index in [1.807, 2.05) is 18.2 Å². The van der Waals surface area contributed by atoms with Crippen molar-refractivity contribution in [3.05, 3.63) is 73.1 Å². The molecule has 0 fully saturated rings. The zero-order chi connectivity index (χ0) is 10.8. The molecule has 84 valence electrons. The quantitative estimate of drug-likeness (QED) is 0.560. The Morgan fingerprint density at radius 2 is 1.35 bits per heavy atom. The largest absolute Gasteiger partial charge is 1.00 e. The van der Waals surface area contributed by atoms with Crippen molar-refractivity contribution in [1.29, 1.82) is 0 Å². The summed E-state index contributed by atoms with van der Waals surface area (Å²) in [5, 5.41) is 2.55. The average molecular weight is 286 g/mol. The highest BCUT2D eigenvalue weighted by Crippen LogP contribution is 2.17. The smallest absolute Gasteiger partial charge is 0.218 e. The Morgan fingerprint density at radius 1 is 0.647 bits per heavy atom. The fourth-order valence-electron chi connectivity index (χ4n) is 1.99. The van der Waals surface area contributed by atoms with E-state index < -0.39 is 0 Å². The van der Waals surface area contributed by atoms with E-state index in [1.165, 1.54) is 16.5 Å². The summed E-state index contributed by atoms with van der Waals surface area (Å²) in [6.45, 7) is 0. The average Bonchev–Trinajstić information content (AvgIpc) is 2.39. The molecule has 0 saturated heterocycles. The molecule has 1 aromatic heterocycles. The van der Waals surface area contributed by atoms with Crippen LogP contribution in [0.15, 0.2) is 73.1 Å². The Morgan fingerprint density at radius 3 is 2.18 bits per heavy atom. The maximum Gasteiger partial charge on any atom is 0.218 e. The van der Waals surface area contributed by atoms with Crippen LogP contribution in [0, 0.1) is 0 Å². The SMILES string of the molecule is [Br-].c1cc[n+](-c2cccc3ccccc23)cc1. The third kappa shape index (κ3) is 2.22. The minimum atomic E-state index is 0. The highest BCUT2D eigenvalue weighted by atomic mass is 79.9. The molecule has 0 N–H and O–H groups in total. The van der Waals surface area contributed by atoms with Crippen molar-refractivity contribution in [1.82, 2.24) is 0 Å². The van der Waals surface area contributed by atoms with Crippen molar-refractivity contribution >= 4 is 10.8 Å². The number of hydrogen-bond acceptors (Lipinski definition) is 0. The number of rotatable bonds is 1. The summed E-state index contributed by atoms with van der Waals surface area (Å²) in [6.07, 6.45) is 4.14. The van der Waals surface area contributed by atoms with Crippen molar-refractivity contribution in [2.75, 3.05) is 0 Å². The molecule has 0 aliphatic carbocycles. The van der Waals surface area contributed by atoms with Gasteiger partial charge in [0.1, 0.15) is 0 Å². The lowest BCUT2D eigenvalue weighted by atomic mass is 10.1. The van der Waals surface area contributed by atoms with Crippen LogP contribution < -0.4 is 21.5 Å². The van der Waals surface area contributed by atoms with Gasteiger partial charge < -0.3 is 17.0 Å². The summed E-state index contributed by atoms with van der Waals surface area (Å²) in [5.41, 5.74) is 1.22. The second-order valence-electron chi connectivity index (χ2n) is 3.78. The zero-order valence-corrected chi connectivity index (χ0v) is 10.8. The predicted molar refractivity (Wildman–Crippen MR) is 65.5 cm³/mol. The lowest BCUT2D eigenvalue weighted by Crippen LogP contribution is -3.00. The monoisotopic (exact) mass is 285 g/mol. The fraction of sp³-hybridized carbons (Fsp3) is 0. The Balaban J connectivity index is 0.00000108. The van der Waals surface area contributed by atoms with Gasteiger partial charge in [0.25, 0.3) is 0 Å². The number of halogens is 1.